The zero-order chi connectivity index (χ0) is 18.9. The van der Waals surface area contributed by atoms with E-state index in [1.54, 1.807) is 48.5 Å². The zero-order valence-corrected chi connectivity index (χ0v) is 16.4. The van der Waals surface area contributed by atoms with Crippen LogP contribution < -0.4 is 20.9 Å². The molecule has 2 aromatic rings. The normalized spacial score (nSPS) is 9.92. The van der Waals surface area contributed by atoms with Gasteiger partial charge in [0.2, 0.25) is 0 Å². The summed E-state index contributed by atoms with van der Waals surface area (Å²) < 4.78 is 6.12. The number of rotatable bonds is 5. The first-order chi connectivity index (χ1) is 12.5. The fourth-order valence-corrected chi connectivity index (χ4v) is 2.56. The van der Waals surface area contributed by atoms with Crippen LogP contribution in [0.25, 0.3) is 0 Å². The number of benzene rings is 2. The van der Waals surface area contributed by atoms with Crippen LogP contribution in [0.4, 0.5) is 0 Å². The van der Waals surface area contributed by atoms with Gasteiger partial charge in [-0.2, -0.15) is 0 Å². The van der Waals surface area contributed by atoms with Crippen molar-refractivity contribution in [3.8, 4) is 5.75 Å². The van der Waals surface area contributed by atoms with Crippen LogP contribution in [0.15, 0.2) is 53.0 Å². The Bertz CT molecular complexity index is 797. The molecule has 0 aliphatic carbocycles. The van der Waals surface area contributed by atoms with Crippen LogP contribution in [0.5, 0.6) is 5.75 Å². The number of carbonyl (C=O) groups excluding carboxylic acids is 2. The summed E-state index contributed by atoms with van der Waals surface area (Å²) in [5.74, 6) is -0.0732. The van der Waals surface area contributed by atoms with E-state index >= 15 is 0 Å². The number of nitrogens with one attached hydrogen (secondary N) is 3. The number of amides is 2. The van der Waals surface area contributed by atoms with Crippen molar-refractivity contribution in [2.24, 2.45) is 0 Å². The monoisotopic (exact) mass is 435 g/mol. The smallest absolute Gasteiger partial charge is 0.270 e. The van der Waals surface area contributed by atoms with E-state index < -0.39 is 0 Å². The summed E-state index contributed by atoms with van der Waals surface area (Å²) in [4.78, 5) is 24.2. The molecule has 6 nitrogen and oxygen atoms in total. The highest BCUT2D eigenvalue weighted by atomic mass is 79.9. The van der Waals surface area contributed by atoms with E-state index in [9.17, 15) is 9.59 Å². The molecule has 0 saturated heterocycles. The molecule has 136 valence electrons. The molecule has 0 radical (unpaired) electrons. The Labute approximate surface area is 165 Å². The van der Waals surface area contributed by atoms with Crippen LogP contribution in [-0.4, -0.2) is 23.5 Å². The average Bonchev–Trinajstić information content (AvgIpc) is 2.65. The molecule has 2 aromatic carbocycles. The van der Waals surface area contributed by atoms with E-state index in [0.717, 1.165) is 6.42 Å². The lowest BCUT2D eigenvalue weighted by atomic mass is 10.2. The summed E-state index contributed by atoms with van der Waals surface area (Å²) in [6, 6.07) is 13.7. The minimum absolute atomic E-state index is 0.0123. The maximum Gasteiger partial charge on any atom is 0.270 e. The van der Waals surface area contributed by atoms with Crippen molar-refractivity contribution in [3.05, 3.63) is 64.1 Å². The molecule has 0 saturated carbocycles. The second-order valence-electron chi connectivity index (χ2n) is 5.22. The third kappa shape index (κ3) is 5.82. The Hall–Kier alpha value is -2.45. The Balaban J connectivity index is 1.84. The average molecular weight is 436 g/mol. The van der Waals surface area contributed by atoms with E-state index in [4.69, 9.17) is 17.0 Å². The Morgan fingerprint density at radius 1 is 1.04 bits per heavy atom. The second-order valence-corrected chi connectivity index (χ2v) is 6.48. The molecule has 8 heteroatoms. The number of carbonyl (C=O) groups is 2. The fourth-order valence-electron chi connectivity index (χ4n) is 1.96. The third-order valence-electron chi connectivity index (χ3n) is 3.22. The number of hydrogen-bond acceptors (Lipinski definition) is 4. The van der Waals surface area contributed by atoms with Crippen LogP contribution in [-0.2, 0) is 0 Å². The molecular formula is C18H18BrN3O3S. The maximum atomic E-state index is 12.1. The van der Waals surface area contributed by atoms with Crippen molar-refractivity contribution in [2.75, 3.05) is 6.61 Å². The molecule has 0 unspecified atom stereocenters. The molecule has 0 aliphatic heterocycles. The number of hydrogen-bond donors (Lipinski definition) is 3. The molecule has 0 bridgehead atoms. The number of hydrazine groups is 1. The standard InChI is InChI=1S/C18H18BrN3O3S/c1-2-11-25-13-9-7-12(8-10-13)16(23)20-18(26)22-21-17(24)14-5-3-4-6-15(14)19/h3-10H,2,11H2,1H3,(H,21,24)(H2,20,22,23,26). The van der Waals surface area contributed by atoms with Crippen molar-refractivity contribution in [3.63, 3.8) is 0 Å². The zero-order valence-electron chi connectivity index (χ0n) is 14.0. The third-order valence-corrected chi connectivity index (χ3v) is 4.12. The molecular weight excluding hydrogens is 418 g/mol. The van der Waals surface area contributed by atoms with Gasteiger partial charge in [0.25, 0.3) is 11.8 Å². The van der Waals surface area contributed by atoms with Gasteiger partial charge in [0.1, 0.15) is 5.75 Å². The molecule has 0 heterocycles. The van der Waals surface area contributed by atoms with Gasteiger partial charge in [-0.05, 0) is 71.0 Å². The largest absolute Gasteiger partial charge is 0.494 e. The molecule has 2 amide bonds. The maximum absolute atomic E-state index is 12.1. The molecule has 0 aromatic heterocycles. The van der Waals surface area contributed by atoms with Crippen LogP contribution in [0.2, 0.25) is 0 Å². The predicted molar refractivity (Wildman–Crippen MR) is 107 cm³/mol. The van der Waals surface area contributed by atoms with Gasteiger partial charge in [-0.3, -0.25) is 25.8 Å². The van der Waals surface area contributed by atoms with Crippen LogP contribution in [0.3, 0.4) is 0 Å². The van der Waals surface area contributed by atoms with Crippen molar-refractivity contribution in [2.45, 2.75) is 13.3 Å². The molecule has 0 atom stereocenters. The summed E-state index contributed by atoms with van der Waals surface area (Å²) in [5, 5.41) is 2.48. The number of ether oxygens (including phenoxy) is 1. The van der Waals surface area contributed by atoms with Crippen molar-refractivity contribution in [1.29, 1.82) is 0 Å². The highest BCUT2D eigenvalue weighted by molar-refractivity contribution is 9.10. The van der Waals surface area contributed by atoms with Crippen molar-refractivity contribution in [1.82, 2.24) is 16.2 Å². The minimum Gasteiger partial charge on any atom is -0.494 e. The van der Waals surface area contributed by atoms with E-state index in [0.29, 0.717) is 28.0 Å². The highest BCUT2D eigenvalue weighted by Gasteiger charge is 2.11. The molecule has 0 fully saturated rings. The van der Waals surface area contributed by atoms with Crippen LogP contribution in [0, 0.1) is 0 Å². The van der Waals surface area contributed by atoms with E-state index in [1.807, 2.05) is 6.92 Å². The first-order valence-electron chi connectivity index (χ1n) is 7.90. The molecule has 0 aliphatic rings. The first kappa shape index (κ1) is 19.9. The van der Waals surface area contributed by atoms with Gasteiger partial charge in [0.15, 0.2) is 5.11 Å². The van der Waals surface area contributed by atoms with Gasteiger partial charge < -0.3 is 4.74 Å². The lowest BCUT2D eigenvalue weighted by Gasteiger charge is -2.11. The summed E-state index contributed by atoms with van der Waals surface area (Å²) in [6.45, 7) is 2.64. The fraction of sp³-hybridized carbons (Fsp3) is 0.167. The molecule has 0 spiro atoms. The summed E-state index contributed by atoms with van der Waals surface area (Å²) in [6.07, 6.45) is 0.910. The minimum atomic E-state index is -0.389. The van der Waals surface area contributed by atoms with Crippen molar-refractivity contribution < 1.29 is 14.3 Å². The lowest BCUT2D eigenvalue weighted by Crippen LogP contribution is -2.48. The number of thiocarbonyl (C=S) groups is 1. The molecule has 26 heavy (non-hydrogen) atoms. The van der Waals surface area contributed by atoms with Crippen LogP contribution >= 0.6 is 28.1 Å². The predicted octanol–water partition coefficient (Wildman–Crippen LogP) is 3.19. The lowest BCUT2D eigenvalue weighted by molar-refractivity contribution is 0.0934. The van der Waals surface area contributed by atoms with Gasteiger partial charge in [0.05, 0.1) is 12.2 Å². The number of halogens is 1. The topological polar surface area (TPSA) is 79.5 Å². The van der Waals surface area contributed by atoms with Crippen molar-refractivity contribution >= 4 is 45.1 Å². The Morgan fingerprint density at radius 3 is 2.38 bits per heavy atom. The van der Waals surface area contributed by atoms with Gasteiger partial charge in [-0.25, -0.2) is 0 Å². The highest BCUT2D eigenvalue weighted by Crippen LogP contribution is 2.15. The van der Waals surface area contributed by atoms with E-state index in [1.165, 1.54) is 0 Å². The second kappa shape index (κ2) is 9.88. The molecule has 2 rings (SSSR count). The SMILES string of the molecule is CCCOc1ccc(C(=O)NC(=S)NNC(=O)c2ccccc2Br)cc1. The summed E-state index contributed by atoms with van der Waals surface area (Å²) in [7, 11) is 0. The summed E-state index contributed by atoms with van der Waals surface area (Å²) >= 11 is 8.32. The summed E-state index contributed by atoms with van der Waals surface area (Å²) in [5.41, 5.74) is 5.80. The Kier molecular flexibility index (Phi) is 7.55. The quantitative estimate of drug-likeness (QED) is 0.496. The van der Waals surface area contributed by atoms with E-state index in [-0.39, 0.29) is 16.9 Å². The van der Waals surface area contributed by atoms with Gasteiger partial charge in [0, 0.05) is 10.0 Å². The molecule has 3 N–H and O–H groups in total. The van der Waals surface area contributed by atoms with E-state index in [2.05, 4.69) is 32.1 Å². The van der Waals surface area contributed by atoms with Gasteiger partial charge in [-0.1, -0.05) is 19.1 Å². The van der Waals surface area contributed by atoms with Gasteiger partial charge in [-0.15, -0.1) is 0 Å². The van der Waals surface area contributed by atoms with Gasteiger partial charge >= 0.3 is 0 Å². The Morgan fingerprint density at radius 2 is 1.73 bits per heavy atom. The first-order valence-corrected chi connectivity index (χ1v) is 9.10. The van der Waals surface area contributed by atoms with Crippen LogP contribution in [0.1, 0.15) is 34.1 Å².